The molecule has 3 nitrogen and oxygen atoms in total. The summed E-state index contributed by atoms with van der Waals surface area (Å²) in [7, 11) is 1.82. The zero-order chi connectivity index (χ0) is 16.7. The summed E-state index contributed by atoms with van der Waals surface area (Å²) in [5.41, 5.74) is 0.694. The molecule has 0 N–H and O–H groups in total. The van der Waals surface area contributed by atoms with Crippen molar-refractivity contribution in [1.82, 2.24) is 4.90 Å². The molecule has 0 unspecified atom stereocenters. The van der Waals surface area contributed by atoms with Gasteiger partial charge in [-0.3, -0.25) is 4.79 Å². The van der Waals surface area contributed by atoms with E-state index in [4.69, 9.17) is 16.3 Å². The summed E-state index contributed by atoms with van der Waals surface area (Å²) in [6.07, 6.45) is 1.78. The minimum atomic E-state index is 0.0323. The fourth-order valence-electron chi connectivity index (χ4n) is 2.12. The number of carbonyl (C=O) groups excluding carboxylic acids is 1. The third-order valence-electron chi connectivity index (χ3n) is 3.39. The maximum absolute atomic E-state index is 12.3. The quantitative estimate of drug-likeness (QED) is 0.614. The summed E-state index contributed by atoms with van der Waals surface area (Å²) in [6.45, 7) is 1.33. The number of amides is 1. The summed E-state index contributed by atoms with van der Waals surface area (Å²) >= 11 is 9.21. The minimum absolute atomic E-state index is 0.0323. The number of unbranched alkanes of at least 4 members (excludes halogenated alkanes) is 1. The Morgan fingerprint density at radius 1 is 1.17 bits per heavy atom. The molecule has 122 valence electrons. The Kier molecular flexibility index (Phi) is 6.93. The monoisotopic (exact) mass is 395 g/mol. The molecule has 0 saturated heterocycles. The van der Waals surface area contributed by atoms with Gasteiger partial charge in [0.15, 0.2) is 0 Å². The van der Waals surface area contributed by atoms with Gasteiger partial charge in [0, 0.05) is 28.7 Å². The Bertz CT molecular complexity index is 646. The van der Waals surface area contributed by atoms with E-state index in [2.05, 4.69) is 15.9 Å². The molecule has 0 spiro atoms. The highest BCUT2D eigenvalue weighted by Gasteiger charge is 2.11. The van der Waals surface area contributed by atoms with E-state index in [0.717, 1.165) is 23.1 Å². The third kappa shape index (κ3) is 5.88. The lowest BCUT2D eigenvalue weighted by molar-refractivity contribution is 0.0791. The first-order chi connectivity index (χ1) is 11.1. The van der Waals surface area contributed by atoms with Gasteiger partial charge >= 0.3 is 0 Å². The zero-order valence-corrected chi connectivity index (χ0v) is 15.3. The van der Waals surface area contributed by atoms with E-state index in [1.165, 1.54) is 0 Å². The molecule has 2 aromatic carbocycles. The molecule has 1 amide bonds. The molecule has 23 heavy (non-hydrogen) atoms. The van der Waals surface area contributed by atoms with Gasteiger partial charge in [0.05, 0.1) is 6.61 Å². The fourth-order valence-corrected chi connectivity index (χ4v) is 2.64. The van der Waals surface area contributed by atoms with Crippen LogP contribution in [0.4, 0.5) is 0 Å². The van der Waals surface area contributed by atoms with Gasteiger partial charge in [0.2, 0.25) is 0 Å². The smallest absolute Gasteiger partial charge is 0.253 e. The van der Waals surface area contributed by atoms with Crippen molar-refractivity contribution in [3.63, 3.8) is 0 Å². The van der Waals surface area contributed by atoms with Crippen LogP contribution in [0, 0.1) is 0 Å². The van der Waals surface area contributed by atoms with Crippen LogP contribution in [-0.4, -0.2) is 31.0 Å². The third-order valence-corrected chi connectivity index (χ3v) is 4.13. The van der Waals surface area contributed by atoms with Crippen molar-refractivity contribution >= 4 is 33.4 Å². The zero-order valence-electron chi connectivity index (χ0n) is 13.0. The first kappa shape index (κ1) is 17.8. The molecular formula is C18H19BrClNO2. The number of benzene rings is 2. The highest BCUT2D eigenvalue weighted by atomic mass is 79.9. The lowest BCUT2D eigenvalue weighted by Crippen LogP contribution is -2.27. The van der Waals surface area contributed by atoms with Crippen molar-refractivity contribution in [2.75, 3.05) is 20.2 Å². The first-order valence-corrected chi connectivity index (χ1v) is 8.63. The largest absolute Gasteiger partial charge is 0.494 e. The van der Waals surface area contributed by atoms with Crippen LogP contribution in [-0.2, 0) is 0 Å². The van der Waals surface area contributed by atoms with E-state index in [-0.39, 0.29) is 5.91 Å². The SMILES string of the molecule is CN(CCCCOc1ccc(Cl)cc1)C(=O)c1cccc(Br)c1. The molecule has 2 rings (SSSR count). The summed E-state index contributed by atoms with van der Waals surface area (Å²) in [5, 5.41) is 0.699. The van der Waals surface area contributed by atoms with Crippen LogP contribution in [0.2, 0.25) is 5.02 Å². The van der Waals surface area contributed by atoms with Gasteiger partial charge in [-0.1, -0.05) is 33.6 Å². The number of rotatable bonds is 7. The molecule has 0 aliphatic rings. The van der Waals surface area contributed by atoms with Gasteiger partial charge in [-0.2, -0.15) is 0 Å². The summed E-state index contributed by atoms with van der Waals surface area (Å²) in [5.74, 6) is 0.845. The second kappa shape index (κ2) is 8.94. The van der Waals surface area contributed by atoms with Gasteiger partial charge in [-0.25, -0.2) is 0 Å². The predicted octanol–water partition coefficient (Wildman–Crippen LogP) is 5.03. The molecule has 0 fully saturated rings. The van der Waals surface area contributed by atoms with Crippen LogP contribution in [0.5, 0.6) is 5.75 Å². The van der Waals surface area contributed by atoms with Gasteiger partial charge in [-0.15, -0.1) is 0 Å². The highest BCUT2D eigenvalue weighted by Crippen LogP contribution is 2.16. The van der Waals surface area contributed by atoms with E-state index >= 15 is 0 Å². The second-order valence-electron chi connectivity index (χ2n) is 5.25. The van der Waals surface area contributed by atoms with Crippen LogP contribution < -0.4 is 4.74 Å². The molecule has 0 radical (unpaired) electrons. The molecule has 5 heteroatoms. The molecule has 0 saturated carbocycles. The summed E-state index contributed by atoms with van der Waals surface area (Å²) in [6, 6.07) is 14.8. The van der Waals surface area contributed by atoms with Gasteiger partial charge in [-0.05, 0) is 55.3 Å². The molecule has 0 atom stereocenters. The Hall–Kier alpha value is -1.52. The molecule has 0 aliphatic carbocycles. The molecular weight excluding hydrogens is 378 g/mol. The van der Waals surface area contributed by atoms with Crippen molar-refractivity contribution in [2.24, 2.45) is 0 Å². The van der Waals surface area contributed by atoms with Crippen molar-refractivity contribution in [3.05, 3.63) is 63.6 Å². The fraction of sp³-hybridized carbons (Fsp3) is 0.278. The maximum Gasteiger partial charge on any atom is 0.253 e. The number of hydrogen-bond acceptors (Lipinski definition) is 2. The first-order valence-electron chi connectivity index (χ1n) is 7.45. The molecule has 0 aliphatic heterocycles. The Balaban J connectivity index is 1.69. The summed E-state index contributed by atoms with van der Waals surface area (Å²) in [4.78, 5) is 14.0. The molecule has 0 bridgehead atoms. The van der Waals surface area contributed by atoms with Gasteiger partial charge in [0.1, 0.15) is 5.75 Å². The highest BCUT2D eigenvalue weighted by molar-refractivity contribution is 9.10. The average Bonchev–Trinajstić information content (AvgIpc) is 2.55. The van der Waals surface area contributed by atoms with Crippen LogP contribution in [0.25, 0.3) is 0 Å². The van der Waals surface area contributed by atoms with E-state index in [0.29, 0.717) is 23.7 Å². The average molecular weight is 397 g/mol. The Labute approximate surface area is 150 Å². The lowest BCUT2D eigenvalue weighted by Gasteiger charge is -2.17. The Morgan fingerprint density at radius 3 is 2.61 bits per heavy atom. The minimum Gasteiger partial charge on any atom is -0.494 e. The van der Waals surface area contributed by atoms with Gasteiger partial charge < -0.3 is 9.64 Å². The van der Waals surface area contributed by atoms with Crippen LogP contribution in [0.3, 0.4) is 0 Å². The standard InChI is InChI=1S/C18H19BrClNO2/c1-21(18(22)14-5-4-6-15(19)13-14)11-2-3-12-23-17-9-7-16(20)8-10-17/h4-10,13H,2-3,11-12H2,1H3. The van der Waals surface area contributed by atoms with E-state index in [1.807, 2.05) is 43.4 Å². The molecule has 2 aromatic rings. The molecule has 0 aromatic heterocycles. The summed E-state index contributed by atoms with van der Waals surface area (Å²) < 4.78 is 6.55. The van der Waals surface area contributed by atoms with Crippen LogP contribution in [0.15, 0.2) is 53.0 Å². The van der Waals surface area contributed by atoms with Crippen molar-refractivity contribution < 1.29 is 9.53 Å². The lowest BCUT2D eigenvalue weighted by atomic mass is 10.2. The normalized spacial score (nSPS) is 10.4. The second-order valence-corrected chi connectivity index (χ2v) is 6.60. The number of ether oxygens (including phenoxy) is 1. The van der Waals surface area contributed by atoms with Crippen LogP contribution in [0.1, 0.15) is 23.2 Å². The van der Waals surface area contributed by atoms with Crippen molar-refractivity contribution in [3.8, 4) is 5.75 Å². The van der Waals surface area contributed by atoms with E-state index in [9.17, 15) is 4.79 Å². The van der Waals surface area contributed by atoms with E-state index in [1.54, 1.807) is 17.0 Å². The molecule has 0 heterocycles. The van der Waals surface area contributed by atoms with Gasteiger partial charge in [0.25, 0.3) is 5.91 Å². The number of hydrogen-bond donors (Lipinski definition) is 0. The number of carbonyl (C=O) groups is 1. The number of halogens is 2. The topological polar surface area (TPSA) is 29.5 Å². The van der Waals surface area contributed by atoms with Crippen LogP contribution >= 0.6 is 27.5 Å². The number of nitrogens with zero attached hydrogens (tertiary/aromatic N) is 1. The van der Waals surface area contributed by atoms with Crippen molar-refractivity contribution in [2.45, 2.75) is 12.8 Å². The van der Waals surface area contributed by atoms with E-state index < -0.39 is 0 Å². The Morgan fingerprint density at radius 2 is 1.91 bits per heavy atom. The predicted molar refractivity (Wildman–Crippen MR) is 97.3 cm³/mol. The van der Waals surface area contributed by atoms with Crippen molar-refractivity contribution in [1.29, 1.82) is 0 Å². The maximum atomic E-state index is 12.3.